The van der Waals surface area contributed by atoms with Crippen LogP contribution in [0, 0.1) is 0 Å². The van der Waals surface area contributed by atoms with Crippen LogP contribution in [0.25, 0.3) is 44.7 Å². The van der Waals surface area contributed by atoms with Crippen LogP contribution in [-0.2, 0) is 0 Å². The molecule has 6 aromatic rings. The first-order valence-corrected chi connectivity index (χ1v) is 10.8. The number of hydrogen-bond acceptors (Lipinski definition) is 2. The molecule has 0 fully saturated rings. The van der Waals surface area contributed by atoms with Crippen molar-refractivity contribution in [1.29, 1.82) is 0 Å². The van der Waals surface area contributed by atoms with E-state index in [0.29, 0.717) is 10.6 Å². The highest BCUT2D eigenvalue weighted by molar-refractivity contribution is 6.30. The van der Waals surface area contributed by atoms with Gasteiger partial charge in [0.15, 0.2) is 5.78 Å². The number of hydrogen-bond donors (Lipinski definition) is 0. The second kappa shape index (κ2) is 7.08. The van der Waals surface area contributed by atoms with E-state index in [4.69, 9.17) is 16.6 Å². The van der Waals surface area contributed by atoms with Crippen LogP contribution in [0.1, 0.15) is 17.3 Å². The van der Waals surface area contributed by atoms with Crippen molar-refractivity contribution in [1.82, 2.24) is 14.0 Å². The summed E-state index contributed by atoms with van der Waals surface area (Å²) in [6, 6.07) is 29.9. The molecule has 0 spiro atoms. The summed E-state index contributed by atoms with van der Waals surface area (Å²) in [5.41, 5.74) is 7.58. The molecule has 0 bridgehead atoms. The summed E-state index contributed by atoms with van der Waals surface area (Å²) >= 11 is 6.32. The van der Waals surface area contributed by atoms with E-state index in [1.807, 2.05) is 66.7 Å². The highest BCUT2D eigenvalue weighted by Gasteiger charge is 2.18. The molecule has 154 valence electrons. The van der Waals surface area contributed by atoms with Crippen LogP contribution in [0.2, 0.25) is 5.02 Å². The van der Waals surface area contributed by atoms with Crippen molar-refractivity contribution in [2.24, 2.45) is 0 Å². The standard InChI is InChI=1S/C27H18ClN3O/c1-17(32)21-9-2-3-10-22(21)18-13-14-25-26(15-18)31-24-12-5-4-11-23(24)29-27(31)30(25)20-8-6-7-19(28)16-20/h2-16H,1H3. The van der Waals surface area contributed by atoms with Gasteiger partial charge in [-0.3, -0.25) is 13.8 Å². The molecule has 2 aromatic heterocycles. The van der Waals surface area contributed by atoms with Crippen molar-refractivity contribution in [3.05, 3.63) is 102 Å². The number of Topliss-reactive ketones (excluding diaryl/α,β-unsaturated/α-hetero) is 1. The van der Waals surface area contributed by atoms with E-state index < -0.39 is 0 Å². The Morgan fingerprint density at radius 2 is 1.62 bits per heavy atom. The van der Waals surface area contributed by atoms with Gasteiger partial charge in [-0.2, -0.15) is 0 Å². The second-order valence-corrected chi connectivity index (χ2v) is 8.29. The van der Waals surface area contributed by atoms with Gasteiger partial charge in [0.25, 0.3) is 0 Å². The Balaban J connectivity index is 1.74. The number of fused-ring (bicyclic) bond motifs is 5. The summed E-state index contributed by atoms with van der Waals surface area (Å²) in [5, 5.41) is 0.672. The Morgan fingerprint density at radius 1 is 0.812 bits per heavy atom. The average molecular weight is 436 g/mol. The molecule has 5 heteroatoms. The lowest BCUT2D eigenvalue weighted by atomic mass is 9.97. The lowest BCUT2D eigenvalue weighted by Crippen LogP contribution is -1.96. The first kappa shape index (κ1) is 18.8. The number of carbonyl (C=O) groups excluding carboxylic acids is 1. The molecule has 0 aliphatic carbocycles. The molecule has 2 heterocycles. The van der Waals surface area contributed by atoms with Crippen LogP contribution in [-0.4, -0.2) is 19.7 Å². The molecule has 0 radical (unpaired) electrons. The number of ketones is 1. The summed E-state index contributed by atoms with van der Waals surface area (Å²) in [5.74, 6) is 0.871. The zero-order valence-electron chi connectivity index (χ0n) is 17.3. The predicted molar refractivity (Wildman–Crippen MR) is 130 cm³/mol. The summed E-state index contributed by atoms with van der Waals surface area (Å²) in [6.07, 6.45) is 0. The highest BCUT2D eigenvalue weighted by atomic mass is 35.5. The minimum Gasteiger partial charge on any atom is -0.294 e. The smallest absolute Gasteiger partial charge is 0.220 e. The molecular weight excluding hydrogens is 418 g/mol. The molecule has 32 heavy (non-hydrogen) atoms. The van der Waals surface area contributed by atoms with E-state index in [0.717, 1.165) is 44.7 Å². The van der Waals surface area contributed by atoms with Gasteiger partial charge in [-0.15, -0.1) is 0 Å². The Hall–Kier alpha value is -3.89. The molecule has 0 amide bonds. The maximum Gasteiger partial charge on any atom is 0.220 e. The van der Waals surface area contributed by atoms with Crippen LogP contribution in [0.5, 0.6) is 0 Å². The van der Waals surface area contributed by atoms with Gasteiger partial charge >= 0.3 is 0 Å². The van der Waals surface area contributed by atoms with Gasteiger partial charge in [0.1, 0.15) is 0 Å². The van der Waals surface area contributed by atoms with Crippen molar-refractivity contribution in [2.45, 2.75) is 6.92 Å². The number of para-hydroxylation sites is 2. The van der Waals surface area contributed by atoms with Gasteiger partial charge in [-0.05, 0) is 60.5 Å². The average Bonchev–Trinajstić information content (AvgIpc) is 3.33. The largest absolute Gasteiger partial charge is 0.294 e. The van der Waals surface area contributed by atoms with Crippen molar-refractivity contribution >= 4 is 45.2 Å². The van der Waals surface area contributed by atoms with Gasteiger partial charge in [-0.25, -0.2) is 4.98 Å². The van der Waals surface area contributed by atoms with Gasteiger partial charge in [0.05, 0.1) is 27.8 Å². The van der Waals surface area contributed by atoms with E-state index in [-0.39, 0.29) is 5.78 Å². The van der Waals surface area contributed by atoms with Crippen molar-refractivity contribution in [2.75, 3.05) is 0 Å². The van der Waals surface area contributed by atoms with Gasteiger partial charge in [0.2, 0.25) is 5.78 Å². The lowest BCUT2D eigenvalue weighted by Gasteiger charge is -2.09. The van der Waals surface area contributed by atoms with E-state index in [1.165, 1.54) is 0 Å². The normalized spacial score (nSPS) is 11.6. The highest BCUT2D eigenvalue weighted by Crippen LogP contribution is 2.33. The van der Waals surface area contributed by atoms with E-state index >= 15 is 0 Å². The SMILES string of the molecule is CC(=O)c1ccccc1-c1ccc2c(c1)n1c3ccccc3nc1n2-c1cccc(Cl)c1. The molecule has 0 unspecified atom stereocenters. The Morgan fingerprint density at radius 3 is 2.47 bits per heavy atom. The fourth-order valence-electron chi connectivity index (χ4n) is 4.48. The fraction of sp³-hybridized carbons (Fsp3) is 0.0370. The van der Waals surface area contributed by atoms with Crippen LogP contribution < -0.4 is 0 Å². The van der Waals surface area contributed by atoms with Crippen molar-refractivity contribution < 1.29 is 4.79 Å². The predicted octanol–water partition coefficient (Wildman–Crippen LogP) is 6.95. The molecule has 4 aromatic carbocycles. The number of benzene rings is 4. The van der Waals surface area contributed by atoms with Crippen LogP contribution in [0.4, 0.5) is 0 Å². The third-order valence-electron chi connectivity index (χ3n) is 5.88. The Bertz CT molecular complexity index is 1680. The number of aromatic nitrogens is 3. The number of nitrogens with zero attached hydrogens (tertiary/aromatic N) is 3. The maximum atomic E-state index is 12.2. The summed E-state index contributed by atoms with van der Waals surface area (Å²) in [7, 11) is 0. The summed E-state index contributed by atoms with van der Waals surface area (Å²) in [4.78, 5) is 17.2. The minimum atomic E-state index is 0.0513. The van der Waals surface area contributed by atoms with Gasteiger partial charge in [0, 0.05) is 10.6 Å². The lowest BCUT2D eigenvalue weighted by molar-refractivity contribution is 0.101. The third-order valence-corrected chi connectivity index (χ3v) is 6.12. The van der Waals surface area contributed by atoms with Crippen molar-refractivity contribution in [3.8, 4) is 16.8 Å². The number of carbonyl (C=O) groups is 1. The van der Waals surface area contributed by atoms with E-state index in [2.05, 4.69) is 33.2 Å². The third kappa shape index (κ3) is 2.77. The van der Waals surface area contributed by atoms with Crippen LogP contribution >= 0.6 is 11.6 Å². The molecule has 0 aliphatic rings. The molecular formula is C27H18ClN3O. The molecule has 6 rings (SSSR count). The first-order chi connectivity index (χ1) is 15.6. The quantitative estimate of drug-likeness (QED) is 0.282. The Kier molecular flexibility index (Phi) is 4.17. The maximum absolute atomic E-state index is 12.2. The van der Waals surface area contributed by atoms with Crippen LogP contribution in [0.3, 0.4) is 0 Å². The van der Waals surface area contributed by atoms with E-state index in [9.17, 15) is 4.79 Å². The zero-order chi connectivity index (χ0) is 21.8. The van der Waals surface area contributed by atoms with Gasteiger partial charge < -0.3 is 0 Å². The van der Waals surface area contributed by atoms with Crippen LogP contribution in [0.15, 0.2) is 91.0 Å². The zero-order valence-corrected chi connectivity index (χ0v) is 18.0. The molecule has 0 aliphatic heterocycles. The molecule has 4 nitrogen and oxygen atoms in total. The number of halogens is 1. The molecule has 0 saturated carbocycles. The minimum absolute atomic E-state index is 0.0513. The number of imidazole rings is 2. The first-order valence-electron chi connectivity index (χ1n) is 10.4. The molecule has 0 N–H and O–H groups in total. The summed E-state index contributed by atoms with van der Waals surface area (Å²) in [6.45, 7) is 1.61. The van der Waals surface area contributed by atoms with Gasteiger partial charge in [-0.1, -0.05) is 60.1 Å². The topological polar surface area (TPSA) is 39.3 Å². The molecule has 0 saturated heterocycles. The Labute approximate surface area is 189 Å². The monoisotopic (exact) mass is 435 g/mol. The van der Waals surface area contributed by atoms with E-state index in [1.54, 1.807) is 6.92 Å². The molecule has 0 atom stereocenters. The second-order valence-electron chi connectivity index (χ2n) is 7.86. The summed E-state index contributed by atoms with van der Waals surface area (Å²) < 4.78 is 4.30. The number of rotatable bonds is 3. The van der Waals surface area contributed by atoms with Crippen molar-refractivity contribution in [3.63, 3.8) is 0 Å². The fourth-order valence-corrected chi connectivity index (χ4v) is 4.66.